The summed E-state index contributed by atoms with van der Waals surface area (Å²) in [4.78, 5) is 2.44. The fraction of sp³-hybridized carbons (Fsp3) is 0.550. The number of aliphatic hydroxyl groups excluding tert-OH is 1. The molecule has 1 saturated heterocycles. The topological polar surface area (TPSA) is 52.1 Å². The first-order chi connectivity index (χ1) is 12.0. The Bertz CT molecular complexity index is 690. The van der Waals surface area contributed by atoms with Crippen LogP contribution in [0.3, 0.4) is 0 Å². The highest BCUT2D eigenvalue weighted by Crippen LogP contribution is 2.36. The zero-order valence-electron chi connectivity index (χ0n) is 15.1. The Morgan fingerprint density at radius 1 is 1.28 bits per heavy atom. The number of piperidine rings is 1. The van der Waals surface area contributed by atoms with Crippen LogP contribution in [0.1, 0.15) is 49.6 Å². The smallest absolute Gasteiger partial charge is 0.0650 e. The Kier molecular flexibility index (Phi) is 5.82. The summed E-state index contributed by atoms with van der Waals surface area (Å²) < 4.78 is 0. The number of rotatable bonds is 6. The van der Waals surface area contributed by atoms with Crippen LogP contribution in [0.15, 0.2) is 30.3 Å². The second-order valence-corrected chi connectivity index (χ2v) is 8.08. The molecule has 2 aromatic rings. The number of benzene rings is 1. The van der Waals surface area contributed by atoms with Gasteiger partial charge in [0.1, 0.15) is 0 Å². The molecule has 2 heterocycles. The van der Waals surface area contributed by atoms with Gasteiger partial charge in [-0.15, -0.1) is 0 Å². The summed E-state index contributed by atoms with van der Waals surface area (Å²) in [6, 6.07) is 10.1. The third kappa shape index (κ3) is 4.43. The maximum absolute atomic E-state index is 10.1. The van der Waals surface area contributed by atoms with Crippen LogP contribution in [0.2, 0.25) is 5.02 Å². The van der Waals surface area contributed by atoms with Gasteiger partial charge >= 0.3 is 0 Å². The SMILES string of the molecule is CC(C)c1cc(CN2CCC(CO)(Cc3ccccc3Cl)CC2)[nH]n1. The average molecular weight is 362 g/mol. The Hall–Kier alpha value is -1.36. The summed E-state index contributed by atoms with van der Waals surface area (Å²) in [7, 11) is 0. The Balaban J connectivity index is 1.60. The number of aliphatic hydroxyl groups is 1. The molecule has 2 N–H and O–H groups in total. The van der Waals surface area contributed by atoms with Gasteiger partial charge in [0.05, 0.1) is 5.69 Å². The second kappa shape index (κ2) is 7.90. The van der Waals surface area contributed by atoms with Gasteiger partial charge in [-0.2, -0.15) is 5.10 Å². The van der Waals surface area contributed by atoms with Crippen molar-refractivity contribution in [2.24, 2.45) is 5.41 Å². The summed E-state index contributed by atoms with van der Waals surface area (Å²) in [5.74, 6) is 0.448. The van der Waals surface area contributed by atoms with Gasteiger partial charge in [0.15, 0.2) is 0 Å². The zero-order valence-corrected chi connectivity index (χ0v) is 15.9. The summed E-state index contributed by atoms with van der Waals surface area (Å²) in [5, 5.41) is 18.4. The maximum Gasteiger partial charge on any atom is 0.0650 e. The molecule has 0 aliphatic carbocycles. The predicted octanol–water partition coefficient (Wildman–Crippen LogP) is 4.00. The first-order valence-corrected chi connectivity index (χ1v) is 9.50. The Labute approximate surface area is 155 Å². The Morgan fingerprint density at radius 2 is 2.00 bits per heavy atom. The van der Waals surface area contributed by atoms with E-state index in [-0.39, 0.29) is 12.0 Å². The lowest BCUT2D eigenvalue weighted by Crippen LogP contribution is -2.43. The molecule has 0 radical (unpaired) electrons. The maximum atomic E-state index is 10.1. The molecule has 0 unspecified atom stereocenters. The van der Waals surface area contributed by atoms with E-state index in [2.05, 4.69) is 41.1 Å². The summed E-state index contributed by atoms with van der Waals surface area (Å²) >= 11 is 6.32. The van der Waals surface area contributed by atoms with Crippen molar-refractivity contribution in [1.82, 2.24) is 15.1 Å². The van der Waals surface area contributed by atoms with Gasteiger partial charge < -0.3 is 5.11 Å². The van der Waals surface area contributed by atoms with Gasteiger partial charge in [-0.3, -0.25) is 10.00 Å². The highest BCUT2D eigenvalue weighted by Gasteiger charge is 2.34. The fourth-order valence-electron chi connectivity index (χ4n) is 3.62. The van der Waals surface area contributed by atoms with Crippen molar-refractivity contribution in [2.45, 2.75) is 45.6 Å². The monoisotopic (exact) mass is 361 g/mol. The molecule has 1 fully saturated rings. The van der Waals surface area contributed by atoms with Crippen LogP contribution >= 0.6 is 11.6 Å². The first kappa shape index (κ1) is 18.4. The van der Waals surface area contributed by atoms with Crippen LogP contribution in [-0.4, -0.2) is 39.9 Å². The van der Waals surface area contributed by atoms with Gasteiger partial charge in [-0.25, -0.2) is 0 Å². The van der Waals surface area contributed by atoms with Crippen LogP contribution in [0, 0.1) is 5.41 Å². The van der Waals surface area contributed by atoms with E-state index in [1.165, 1.54) is 5.69 Å². The molecule has 4 nitrogen and oxygen atoms in total. The van der Waals surface area contributed by atoms with E-state index < -0.39 is 0 Å². The molecular weight excluding hydrogens is 334 g/mol. The van der Waals surface area contributed by atoms with Crippen LogP contribution in [0.5, 0.6) is 0 Å². The molecule has 25 heavy (non-hydrogen) atoms. The van der Waals surface area contributed by atoms with Crippen molar-refractivity contribution in [3.05, 3.63) is 52.3 Å². The van der Waals surface area contributed by atoms with Crippen LogP contribution < -0.4 is 0 Å². The standard InChI is InChI=1S/C20H28ClN3O/c1-15(2)19-11-17(22-23-19)13-24-9-7-20(14-25,8-10-24)12-16-5-3-4-6-18(16)21/h3-6,11,15,25H,7-10,12-14H2,1-2H3,(H,22,23). The van der Waals surface area contributed by atoms with Crippen molar-refractivity contribution in [1.29, 1.82) is 0 Å². The van der Waals surface area contributed by atoms with E-state index in [0.29, 0.717) is 5.92 Å². The second-order valence-electron chi connectivity index (χ2n) is 7.68. The average Bonchev–Trinajstić information content (AvgIpc) is 3.08. The minimum Gasteiger partial charge on any atom is -0.396 e. The zero-order chi connectivity index (χ0) is 17.9. The van der Waals surface area contributed by atoms with Gasteiger partial charge in [0.2, 0.25) is 0 Å². The third-order valence-corrected chi connectivity index (χ3v) is 5.78. The van der Waals surface area contributed by atoms with Crippen LogP contribution in [-0.2, 0) is 13.0 Å². The van der Waals surface area contributed by atoms with Gasteiger partial charge in [0.25, 0.3) is 0 Å². The van der Waals surface area contributed by atoms with E-state index >= 15 is 0 Å². The normalized spacial score (nSPS) is 18.0. The molecule has 5 heteroatoms. The number of likely N-dealkylation sites (tertiary alicyclic amines) is 1. The number of aromatic amines is 1. The predicted molar refractivity (Wildman–Crippen MR) is 102 cm³/mol. The molecular formula is C20H28ClN3O. The number of hydrogen-bond donors (Lipinski definition) is 2. The van der Waals surface area contributed by atoms with E-state index in [1.54, 1.807) is 0 Å². The van der Waals surface area contributed by atoms with Crippen molar-refractivity contribution in [3.63, 3.8) is 0 Å². The number of hydrogen-bond acceptors (Lipinski definition) is 3. The molecule has 0 spiro atoms. The number of halogens is 1. The minimum absolute atomic E-state index is 0.0570. The molecule has 1 aromatic carbocycles. The minimum atomic E-state index is -0.0570. The summed E-state index contributed by atoms with van der Waals surface area (Å²) in [6.45, 7) is 7.40. The fourth-order valence-corrected chi connectivity index (χ4v) is 3.82. The molecule has 0 bridgehead atoms. The lowest BCUT2D eigenvalue weighted by Gasteiger charge is -2.41. The lowest BCUT2D eigenvalue weighted by atomic mass is 9.74. The van der Waals surface area contributed by atoms with E-state index in [0.717, 1.165) is 55.2 Å². The van der Waals surface area contributed by atoms with Gasteiger partial charge in [-0.1, -0.05) is 43.6 Å². The van der Waals surface area contributed by atoms with Crippen LogP contribution in [0.4, 0.5) is 0 Å². The molecule has 0 atom stereocenters. The molecule has 3 rings (SSSR count). The molecule has 1 aromatic heterocycles. The van der Waals surface area contributed by atoms with Crippen molar-refractivity contribution < 1.29 is 5.11 Å². The third-order valence-electron chi connectivity index (χ3n) is 5.41. The highest BCUT2D eigenvalue weighted by molar-refractivity contribution is 6.31. The molecule has 0 saturated carbocycles. The highest BCUT2D eigenvalue weighted by atomic mass is 35.5. The summed E-state index contributed by atoms with van der Waals surface area (Å²) in [6.07, 6.45) is 2.82. The number of aromatic nitrogens is 2. The molecule has 0 amide bonds. The summed E-state index contributed by atoms with van der Waals surface area (Å²) in [5.41, 5.74) is 3.38. The van der Waals surface area contributed by atoms with Crippen molar-refractivity contribution in [2.75, 3.05) is 19.7 Å². The Morgan fingerprint density at radius 3 is 2.60 bits per heavy atom. The van der Waals surface area contributed by atoms with Crippen molar-refractivity contribution >= 4 is 11.6 Å². The van der Waals surface area contributed by atoms with Gasteiger partial charge in [-0.05, 0) is 61.4 Å². The van der Waals surface area contributed by atoms with Crippen LogP contribution in [0.25, 0.3) is 0 Å². The van der Waals surface area contributed by atoms with E-state index in [1.807, 2.05) is 18.2 Å². The lowest BCUT2D eigenvalue weighted by molar-refractivity contribution is 0.0409. The van der Waals surface area contributed by atoms with E-state index in [9.17, 15) is 5.11 Å². The largest absolute Gasteiger partial charge is 0.396 e. The van der Waals surface area contributed by atoms with E-state index in [4.69, 9.17) is 11.6 Å². The quantitative estimate of drug-likeness (QED) is 0.817. The van der Waals surface area contributed by atoms with Gasteiger partial charge in [0, 0.05) is 23.9 Å². The molecule has 136 valence electrons. The molecule has 1 aliphatic rings. The molecule has 1 aliphatic heterocycles. The number of nitrogens with one attached hydrogen (secondary N) is 1. The van der Waals surface area contributed by atoms with Crippen molar-refractivity contribution in [3.8, 4) is 0 Å². The first-order valence-electron chi connectivity index (χ1n) is 9.12. The number of nitrogens with zero attached hydrogens (tertiary/aromatic N) is 2. The number of H-pyrrole nitrogens is 1.